The summed E-state index contributed by atoms with van der Waals surface area (Å²) in [5.74, 6) is -0.0790. The Labute approximate surface area is 217 Å². The molecule has 0 amide bonds. The Morgan fingerprint density at radius 3 is 1.44 bits per heavy atom. The maximum Gasteiger partial charge on any atom is 0.306 e. The zero-order chi connectivity index (χ0) is 23.6. The summed E-state index contributed by atoms with van der Waals surface area (Å²) in [6.45, 7) is 5.77. The summed E-state index contributed by atoms with van der Waals surface area (Å²) in [4.78, 5) is 11.9. The number of hydrogen-bond donors (Lipinski definition) is 0. The predicted molar refractivity (Wildman–Crippen MR) is 144 cm³/mol. The van der Waals surface area contributed by atoms with E-state index in [-0.39, 0.29) is 23.0 Å². The molecule has 0 heterocycles. The number of unbranched alkanes of at least 4 members (excludes halogenated alkanes) is 4. The predicted octanol–water partition coefficient (Wildman–Crippen LogP) is 3.67. The van der Waals surface area contributed by atoms with Crippen LogP contribution in [0, 0.1) is 0 Å². The summed E-state index contributed by atoms with van der Waals surface area (Å²) in [6.07, 6.45) is 7.18. The molecular formula is C30H38BrO2P. The van der Waals surface area contributed by atoms with Crippen LogP contribution in [0.5, 0.6) is 0 Å². The molecule has 0 aliphatic rings. The third-order valence-corrected chi connectivity index (χ3v) is 10.4. The van der Waals surface area contributed by atoms with Gasteiger partial charge in [0.25, 0.3) is 0 Å². The first-order chi connectivity index (χ1) is 15.9. The normalized spacial score (nSPS) is 11.5. The Balaban J connectivity index is 0.00000408. The number of ether oxygens (including phenoxy) is 1. The van der Waals surface area contributed by atoms with Crippen molar-refractivity contribution < 1.29 is 26.5 Å². The number of carbonyl (C=O) groups is 1. The maximum absolute atomic E-state index is 11.9. The lowest BCUT2D eigenvalue weighted by Crippen LogP contribution is -3.00. The van der Waals surface area contributed by atoms with Crippen molar-refractivity contribution in [2.24, 2.45) is 0 Å². The van der Waals surface area contributed by atoms with E-state index < -0.39 is 12.9 Å². The highest BCUT2D eigenvalue weighted by Gasteiger charge is 2.44. The Morgan fingerprint density at radius 2 is 1.03 bits per heavy atom. The topological polar surface area (TPSA) is 26.3 Å². The quantitative estimate of drug-likeness (QED) is 0.211. The molecule has 0 N–H and O–H groups in total. The largest absolute Gasteiger partial charge is 1.00 e. The van der Waals surface area contributed by atoms with Gasteiger partial charge in [-0.2, -0.15) is 0 Å². The summed E-state index contributed by atoms with van der Waals surface area (Å²) in [5, 5.41) is 4.35. The number of carbonyl (C=O) groups excluding carboxylic acids is 1. The standard InChI is InChI=1S/C30H38O2P.BrH/c1-30(2,3)32-29(31)24-16-5-4-6-17-25-33(26-18-10-7-11-19-26,27-20-12-8-13-21-27)28-22-14-9-15-23-28;/h7-15,18-23H,4-6,16-17,24-25H2,1-3H3;1H/q+1;/p-1. The SMILES string of the molecule is CC(C)(C)OC(=O)CCCCCCC[P+](c1ccccc1)(c1ccccc1)c1ccccc1.[Br-]. The van der Waals surface area contributed by atoms with E-state index in [1.165, 1.54) is 28.8 Å². The molecule has 0 fully saturated rings. The first-order valence-corrected chi connectivity index (χ1v) is 14.2. The van der Waals surface area contributed by atoms with Gasteiger partial charge in [-0.1, -0.05) is 67.4 Å². The van der Waals surface area contributed by atoms with E-state index in [1.807, 2.05) is 20.8 Å². The Kier molecular flexibility index (Phi) is 11.5. The van der Waals surface area contributed by atoms with E-state index in [2.05, 4.69) is 91.0 Å². The van der Waals surface area contributed by atoms with Gasteiger partial charge in [-0.3, -0.25) is 4.79 Å². The lowest BCUT2D eigenvalue weighted by Gasteiger charge is -2.27. The Morgan fingerprint density at radius 1 is 0.647 bits per heavy atom. The molecular weight excluding hydrogens is 503 g/mol. The van der Waals surface area contributed by atoms with Crippen molar-refractivity contribution in [3.8, 4) is 0 Å². The zero-order valence-corrected chi connectivity index (χ0v) is 23.2. The lowest BCUT2D eigenvalue weighted by molar-refractivity contribution is -0.154. The molecule has 3 aromatic rings. The van der Waals surface area contributed by atoms with E-state index in [0.717, 1.165) is 25.4 Å². The highest BCUT2D eigenvalue weighted by Crippen LogP contribution is 2.55. The van der Waals surface area contributed by atoms with Crippen LogP contribution in [0.3, 0.4) is 0 Å². The average molecular weight is 542 g/mol. The van der Waals surface area contributed by atoms with E-state index in [0.29, 0.717) is 6.42 Å². The molecule has 0 aromatic heterocycles. The summed E-state index contributed by atoms with van der Waals surface area (Å²) >= 11 is 0. The van der Waals surface area contributed by atoms with Crippen molar-refractivity contribution in [2.75, 3.05) is 6.16 Å². The van der Waals surface area contributed by atoms with E-state index >= 15 is 0 Å². The van der Waals surface area contributed by atoms with Crippen LogP contribution in [0.15, 0.2) is 91.0 Å². The molecule has 0 aliphatic heterocycles. The molecule has 3 aromatic carbocycles. The molecule has 3 rings (SSSR count). The van der Waals surface area contributed by atoms with Gasteiger partial charge in [0.15, 0.2) is 0 Å². The van der Waals surface area contributed by atoms with Gasteiger partial charge in [-0.05, 0) is 76.4 Å². The second-order valence-corrected chi connectivity index (χ2v) is 13.3. The van der Waals surface area contributed by atoms with E-state index in [1.54, 1.807) is 0 Å². The highest BCUT2D eigenvalue weighted by atomic mass is 79.9. The third-order valence-electron chi connectivity index (χ3n) is 5.89. The summed E-state index contributed by atoms with van der Waals surface area (Å²) < 4.78 is 5.42. The molecule has 34 heavy (non-hydrogen) atoms. The zero-order valence-electron chi connectivity index (χ0n) is 20.8. The van der Waals surface area contributed by atoms with Crippen LogP contribution in [0.25, 0.3) is 0 Å². The van der Waals surface area contributed by atoms with Crippen molar-refractivity contribution in [3.05, 3.63) is 91.0 Å². The number of halogens is 1. The van der Waals surface area contributed by atoms with E-state index in [4.69, 9.17) is 4.74 Å². The Hall–Kier alpha value is -1.96. The minimum atomic E-state index is -1.72. The summed E-state index contributed by atoms with van der Waals surface area (Å²) in [5.41, 5.74) is -0.392. The van der Waals surface area contributed by atoms with Crippen LogP contribution in [-0.2, 0) is 9.53 Å². The number of benzene rings is 3. The van der Waals surface area contributed by atoms with Gasteiger partial charge in [0.05, 0.1) is 6.16 Å². The molecule has 0 bridgehead atoms. The third kappa shape index (κ3) is 8.07. The van der Waals surface area contributed by atoms with Crippen LogP contribution >= 0.6 is 7.26 Å². The molecule has 0 saturated carbocycles. The van der Waals surface area contributed by atoms with Gasteiger partial charge in [0, 0.05) is 6.42 Å². The second kappa shape index (κ2) is 13.8. The molecule has 0 saturated heterocycles. The van der Waals surface area contributed by atoms with Crippen LogP contribution in [-0.4, -0.2) is 17.7 Å². The van der Waals surface area contributed by atoms with Gasteiger partial charge < -0.3 is 21.7 Å². The van der Waals surface area contributed by atoms with Gasteiger partial charge in [-0.25, -0.2) is 0 Å². The smallest absolute Gasteiger partial charge is 0.306 e. The van der Waals surface area contributed by atoms with Crippen molar-refractivity contribution >= 4 is 29.1 Å². The van der Waals surface area contributed by atoms with Crippen molar-refractivity contribution in [3.63, 3.8) is 0 Å². The van der Waals surface area contributed by atoms with Gasteiger partial charge >= 0.3 is 5.97 Å². The first kappa shape index (κ1) is 28.3. The van der Waals surface area contributed by atoms with Crippen molar-refractivity contribution in [1.82, 2.24) is 0 Å². The minimum absolute atomic E-state index is 0. The minimum Gasteiger partial charge on any atom is -1.00 e. The fourth-order valence-electron chi connectivity index (χ4n) is 4.42. The summed E-state index contributed by atoms with van der Waals surface area (Å²) in [6, 6.07) is 33.3. The second-order valence-electron chi connectivity index (χ2n) is 9.64. The molecule has 182 valence electrons. The van der Waals surface area contributed by atoms with Crippen LogP contribution < -0.4 is 32.9 Å². The fraction of sp³-hybridized carbons (Fsp3) is 0.367. The molecule has 2 nitrogen and oxygen atoms in total. The van der Waals surface area contributed by atoms with Gasteiger partial charge in [-0.15, -0.1) is 0 Å². The van der Waals surface area contributed by atoms with Crippen molar-refractivity contribution in [2.45, 2.75) is 64.9 Å². The van der Waals surface area contributed by atoms with Gasteiger partial charge in [0.2, 0.25) is 0 Å². The summed E-state index contributed by atoms with van der Waals surface area (Å²) in [7, 11) is -1.72. The fourth-order valence-corrected chi connectivity index (χ4v) is 8.83. The molecule has 0 aliphatic carbocycles. The average Bonchev–Trinajstić information content (AvgIpc) is 2.82. The van der Waals surface area contributed by atoms with Crippen LogP contribution in [0.2, 0.25) is 0 Å². The molecule has 0 atom stereocenters. The molecule has 0 radical (unpaired) electrons. The Bertz CT molecular complexity index is 872. The van der Waals surface area contributed by atoms with Crippen LogP contribution in [0.1, 0.15) is 59.3 Å². The number of esters is 1. The monoisotopic (exact) mass is 540 g/mol. The number of hydrogen-bond acceptors (Lipinski definition) is 2. The van der Waals surface area contributed by atoms with Crippen LogP contribution in [0.4, 0.5) is 0 Å². The molecule has 0 unspecified atom stereocenters. The first-order valence-electron chi connectivity index (χ1n) is 12.2. The maximum atomic E-state index is 11.9. The lowest BCUT2D eigenvalue weighted by atomic mass is 10.1. The molecule has 0 spiro atoms. The molecule has 4 heteroatoms. The van der Waals surface area contributed by atoms with Crippen molar-refractivity contribution in [1.29, 1.82) is 0 Å². The van der Waals surface area contributed by atoms with E-state index in [9.17, 15) is 4.79 Å². The number of rotatable bonds is 11. The highest BCUT2D eigenvalue weighted by molar-refractivity contribution is 7.95. The van der Waals surface area contributed by atoms with Gasteiger partial charge in [0.1, 0.15) is 28.8 Å².